The number of nitrogen functional groups attached to an aromatic ring is 1. The number of carbonyl (C=O) groups excluding carboxylic acids is 1. The maximum Gasteiger partial charge on any atom is 0.255 e. The minimum atomic E-state index is -0.191. The van der Waals surface area contributed by atoms with Gasteiger partial charge in [-0.1, -0.05) is 15.9 Å². The van der Waals surface area contributed by atoms with Crippen LogP contribution < -0.4 is 11.1 Å². The predicted octanol–water partition coefficient (Wildman–Crippen LogP) is 4.81. The van der Waals surface area contributed by atoms with Crippen LogP contribution in [0.4, 0.5) is 11.4 Å². The van der Waals surface area contributed by atoms with Crippen LogP contribution in [0.2, 0.25) is 0 Å². The molecule has 0 aliphatic carbocycles. The summed E-state index contributed by atoms with van der Waals surface area (Å²) in [4.78, 5) is 12.1. The Morgan fingerprint density at radius 3 is 2.37 bits per heavy atom. The molecule has 3 N–H and O–H groups in total. The van der Waals surface area contributed by atoms with E-state index >= 15 is 0 Å². The Balaban J connectivity index is 2.23. The van der Waals surface area contributed by atoms with Crippen LogP contribution in [0.3, 0.4) is 0 Å². The standard InChI is InChI=1S/C13H9Br3N2O/c14-8-2-4-12(10(16)6-8)18-13(19)7-1-3-11(17)9(15)5-7/h1-6H,17H2,(H,18,19). The summed E-state index contributed by atoms with van der Waals surface area (Å²) in [5.41, 5.74) is 7.54. The molecule has 19 heavy (non-hydrogen) atoms. The highest BCUT2D eigenvalue weighted by Gasteiger charge is 2.09. The Bertz CT molecular complexity index is 644. The van der Waals surface area contributed by atoms with Crippen molar-refractivity contribution in [3.05, 3.63) is 55.4 Å². The number of nitrogens with two attached hydrogens (primary N) is 1. The monoisotopic (exact) mass is 446 g/mol. The van der Waals surface area contributed by atoms with Gasteiger partial charge in [-0.25, -0.2) is 0 Å². The molecule has 2 aromatic carbocycles. The topological polar surface area (TPSA) is 55.1 Å². The van der Waals surface area contributed by atoms with Crippen molar-refractivity contribution in [1.82, 2.24) is 0 Å². The van der Waals surface area contributed by atoms with Crippen molar-refractivity contribution < 1.29 is 4.79 Å². The molecule has 0 atom stereocenters. The number of hydrogen-bond donors (Lipinski definition) is 2. The number of anilines is 2. The maximum atomic E-state index is 12.1. The van der Waals surface area contributed by atoms with Crippen LogP contribution in [0.5, 0.6) is 0 Å². The van der Waals surface area contributed by atoms with E-state index in [9.17, 15) is 4.79 Å². The SMILES string of the molecule is Nc1ccc(C(=O)Nc2ccc(Br)cc2Br)cc1Br. The average molecular weight is 449 g/mol. The summed E-state index contributed by atoms with van der Waals surface area (Å²) in [7, 11) is 0. The summed E-state index contributed by atoms with van der Waals surface area (Å²) in [5, 5.41) is 2.83. The van der Waals surface area contributed by atoms with Crippen molar-refractivity contribution in [2.75, 3.05) is 11.1 Å². The second-order valence-electron chi connectivity index (χ2n) is 3.81. The largest absolute Gasteiger partial charge is 0.398 e. The van der Waals surface area contributed by atoms with Gasteiger partial charge >= 0.3 is 0 Å². The predicted molar refractivity (Wildman–Crippen MR) is 88.3 cm³/mol. The first-order chi connectivity index (χ1) is 8.97. The quantitative estimate of drug-likeness (QED) is 0.648. The van der Waals surface area contributed by atoms with Gasteiger partial charge in [0.05, 0.1) is 5.69 Å². The van der Waals surface area contributed by atoms with Gasteiger partial charge in [0.2, 0.25) is 0 Å². The molecule has 3 nitrogen and oxygen atoms in total. The van der Waals surface area contributed by atoms with E-state index in [1.54, 1.807) is 18.2 Å². The van der Waals surface area contributed by atoms with Gasteiger partial charge in [0.15, 0.2) is 0 Å². The Hall–Kier alpha value is -0.850. The van der Waals surface area contributed by atoms with Crippen molar-refractivity contribution in [3.63, 3.8) is 0 Å². The Morgan fingerprint density at radius 2 is 1.74 bits per heavy atom. The minimum absolute atomic E-state index is 0.191. The first kappa shape index (κ1) is 14.6. The molecular weight excluding hydrogens is 440 g/mol. The second kappa shape index (κ2) is 6.07. The van der Waals surface area contributed by atoms with E-state index in [-0.39, 0.29) is 5.91 Å². The molecule has 2 rings (SSSR count). The molecular formula is C13H9Br3N2O. The van der Waals surface area contributed by atoms with Gasteiger partial charge in [0.25, 0.3) is 5.91 Å². The van der Waals surface area contributed by atoms with Crippen molar-refractivity contribution in [2.45, 2.75) is 0 Å². The number of benzene rings is 2. The molecule has 0 aromatic heterocycles. The van der Waals surface area contributed by atoms with Crippen LogP contribution in [0.25, 0.3) is 0 Å². The average Bonchev–Trinajstić information content (AvgIpc) is 2.36. The highest BCUT2D eigenvalue weighted by molar-refractivity contribution is 9.11. The summed E-state index contributed by atoms with van der Waals surface area (Å²) >= 11 is 10.1. The Kier molecular flexibility index (Phi) is 4.65. The fraction of sp³-hybridized carbons (Fsp3) is 0. The summed E-state index contributed by atoms with van der Waals surface area (Å²) in [5.74, 6) is -0.191. The molecule has 0 unspecified atom stereocenters. The van der Waals surface area contributed by atoms with E-state index < -0.39 is 0 Å². The summed E-state index contributed by atoms with van der Waals surface area (Å²) < 4.78 is 2.45. The maximum absolute atomic E-state index is 12.1. The number of halogens is 3. The first-order valence-corrected chi connectivity index (χ1v) is 7.66. The third-order valence-electron chi connectivity index (χ3n) is 2.44. The number of nitrogens with one attached hydrogen (secondary N) is 1. The normalized spacial score (nSPS) is 10.3. The number of hydrogen-bond acceptors (Lipinski definition) is 2. The second-order valence-corrected chi connectivity index (χ2v) is 6.44. The van der Waals surface area contributed by atoms with Gasteiger partial charge in [0.1, 0.15) is 0 Å². The minimum Gasteiger partial charge on any atom is -0.398 e. The zero-order valence-electron chi connectivity index (χ0n) is 9.58. The van der Waals surface area contributed by atoms with Crippen LogP contribution in [0, 0.1) is 0 Å². The third kappa shape index (κ3) is 3.58. The lowest BCUT2D eigenvalue weighted by Gasteiger charge is -2.08. The molecule has 6 heteroatoms. The molecule has 0 saturated carbocycles. The molecule has 2 aromatic rings. The Morgan fingerprint density at radius 1 is 1.00 bits per heavy atom. The molecule has 1 amide bonds. The van der Waals surface area contributed by atoms with Crippen LogP contribution in [-0.4, -0.2) is 5.91 Å². The lowest BCUT2D eigenvalue weighted by atomic mass is 10.2. The Labute approximate surface area is 136 Å². The summed E-state index contributed by atoms with van der Waals surface area (Å²) in [6.07, 6.45) is 0. The van der Waals surface area contributed by atoms with Gasteiger partial charge in [0, 0.05) is 24.7 Å². The summed E-state index contributed by atoms with van der Waals surface area (Å²) in [6.45, 7) is 0. The van der Waals surface area contributed by atoms with Gasteiger partial charge in [-0.15, -0.1) is 0 Å². The summed E-state index contributed by atoms with van der Waals surface area (Å²) in [6, 6.07) is 10.6. The molecule has 0 radical (unpaired) electrons. The van der Waals surface area contributed by atoms with Crippen molar-refractivity contribution in [3.8, 4) is 0 Å². The molecule has 0 fully saturated rings. The van der Waals surface area contributed by atoms with E-state index in [0.29, 0.717) is 21.4 Å². The highest BCUT2D eigenvalue weighted by Crippen LogP contribution is 2.27. The van der Waals surface area contributed by atoms with E-state index in [4.69, 9.17) is 5.73 Å². The lowest BCUT2D eigenvalue weighted by molar-refractivity contribution is 0.102. The van der Waals surface area contributed by atoms with Gasteiger partial charge in [-0.05, 0) is 68.3 Å². The van der Waals surface area contributed by atoms with E-state index in [2.05, 4.69) is 53.1 Å². The number of carbonyl (C=O) groups is 1. The van der Waals surface area contributed by atoms with E-state index in [0.717, 1.165) is 8.95 Å². The number of rotatable bonds is 2. The fourth-order valence-electron chi connectivity index (χ4n) is 1.45. The molecule has 0 bridgehead atoms. The molecule has 0 aliphatic heterocycles. The zero-order valence-corrected chi connectivity index (χ0v) is 14.3. The first-order valence-electron chi connectivity index (χ1n) is 5.29. The zero-order chi connectivity index (χ0) is 14.0. The molecule has 0 spiro atoms. The molecule has 0 aliphatic rings. The molecule has 98 valence electrons. The van der Waals surface area contributed by atoms with Crippen LogP contribution in [-0.2, 0) is 0 Å². The molecule has 0 saturated heterocycles. The lowest BCUT2D eigenvalue weighted by Crippen LogP contribution is -2.12. The fourth-order valence-corrected chi connectivity index (χ4v) is 2.98. The van der Waals surface area contributed by atoms with Gasteiger partial charge in [-0.2, -0.15) is 0 Å². The molecule has 0 heterocycles. The van der Waals surface area contributed by atoms with Gasteiger partial charge < -0.3 is 11.1 Å². The van der Waals surface area contributed by atoms with Crippen molar-refractivity contribution in [1.29, 1.82) is 0 Å². The van der Waals surface area contributed by atoms with Crippen molar-refractivity contribution >= 4 is 65.1 Å². The highest BCUT2D eigenvalue weighted by atomic mass is 79.9. The van der Waals surface area contributed by atoms with Crippen molar-refractivity contribution in [2.24, 2.45) is 0 Å². The third-order valence-corrected chi connectivity index (χ3v) is 4.28. The van der Waals surface area contributed by atoms with E-state index in [1.807, 2.05) is 18.2 Å². The van der Waals surface area contributed by atoms with Gasteiger partial charge in [-0.3, -0.25) is 4.79 Å². The van der Waals surface area contributed by atoms with Crippen LogP contribution >= 0.6 is 47.8 Å². The van der Waals surface area contributed by atoms with Crippen LogP contribution in [0.1, 0.15) is 10.4 Å². The van der Waals surface area contributed by atoms with E-state index in [1.165, 1.54) is 0 Å². The van der Waals surface area contributed by atoms with Crippen LogP contribution in [0.15, 0.2) is 49.8 Å². The smallest absolute Gasteiger partial charge is 0.255 e. The number of amides is 1.